The van der Waals surface area contributed by atoms with Crippen molar-refractivity contribution in [1.82, 2.24) is 4.90 Å². The Bertz CT molecular complexity index is 146. The summed E-state index contributed by atoms with van der Waals surface area (Å²) in [6.07, 6.45) is 7.12. The SMILES string of the molecule is NCC1CCN(CC2CCC2)CC1. The van der Waals surface area contributed by atoms with Crippen LogP contribution >= 0.6 is 0 Å². The van der Waals surface area contributed by atoms with Crippen molar-refractivity contribution in [2.75, 3.05) is 26.2 Å². The summed E-state index contributed by atoms with van der Waals surface area (Å²) < 4.78 is 0. The van der Waals surface area contributed by atoms with Gasteiger partial charge in [0.05, 0.1) is 0 Å². The van der Waals surface area contributed by atoms with Crippen LogP contribution in [0.2, 0.25) is 0 Å². The highest BCUT2D eigenvalue weighted by Crippen LogP contribution is 2.28. The molecule has 1 aliphatic heterocycles. The van der Waals surface area contributed by atoms with Gasteiger partial charge >= 0.3 is 0 Å². The molecule has 1 aliphatic carbocycles. The Morgan fingerprint density at radius 3 is 2.15 bits per heavy atom. The molecule has 76 valence electrons. The Morgan fingerprint density at radius 2 is 1.69 bits per heavy atom. The largest absolute Gasteiger partial charge is 0.330 e. The van der Waals surface area contributed by atoms with Gasteiger partial charge in [-0.25, -0.2) is 0 Å². The van der Waals surface area contributed by atoms with E-state index in [0.29, 0.717) is 0 Å². The average Bonchev–Trinajstić information content (AvgIpc) is 2.12. The number of nitrogens with two attached hydrogens (primary N) is 1. The maximum absolute atomic E-state index is 5.67. The molecule has 0 spiro atoms. The number of piperidine rings is 1. The monoisotopic (exact) mass is 182 g/mol. The second kappa shape index (κ2) is 4.43. The highest BCUT2D eigenvalue weighted by atomic mass is 15.1. The first-order valence-corrected chi connectivity index (χ1v) is 5.81. The summed E-state index contributed by atoms with van der Waals surface area (Å²) in [5.41, 5.74) is 5.67. The molecule has 1 saturated carbocycles. The van der Waals surface area contributed by atoms with E-state index in [-0.39, 0.29) is 0 Å². The number of nitrogens with zero attached hydrogens (tertiary/aromatic N) is 1. The lowest BCUT2D eigenvalue weighted by Crippen LogP contribution is -2.40. The summed E-state index contributed by atoms with van der Waals surface area (Å²) in [5.74, 6) is 1.85. The van der Waals surface area contributed by atoms with Gasteiger partial charge in [0.15, 0.2) is 0 Å². The van der Waals surface area contributed by atoms with E-state index >= 15 is 0 Å². The Balaban J connectivity index is 1.65. The quantitative estimate of drug-likeness (QED) is 0.716. The summed E-state index contributed by atoms with van der Waals surface area (Å²) in [6.45, 7) is 4.88. The zero-order chi connectivity index (χ0) is 9.10. The van der Waals surface area contributed by atoms with Crippen LogP contribution in [0.1, 0.15) is 32.1 Å². The van der Waals surface area contributed by atoms with E-state index in [9.17, 15) is 0 Å². The second-order valence-electron chi connectivity index (χ2n) is 4.78. The molecule has 13 heavy (non-hydrogen) atoms. The molecule has 2 fully saturated rings. The molecule has 2 nitrogen and oxygen atoms in total. The lowest BCUT2D eigenvalue weighted by molar-refractivity contribution is 0.133. The Labute approximate surface area is 81.5 Å². The van der Waals surface area contributed by atoms with Gasteiger partial charge < -0.3 is 10.6 Å². The summed E-state index contributed by atoms with van der Waals surface area (Å²) in [7, 11) is 0. The van der Waals surface area contributed by atoms with Crippen molar-refractivity contribution in [3.63, 3.8) is 0 Å². The number of likely N-dealkylation sites (tertiary alicyclic amines) is 1. The molecule has 0 unspecified atom stereocenters. The molecule has 0 radical (unpaired) electrons. The van der Waals surface area contributed by atoms with Crippen LogP contribution < -0.4 is 5.73 Å². The third-order valence-corrected chi connectivity index (χ3v) is 3.78. The highest BCUT2D eigenvalue weighted by molar-refractivity contribution is 4.78. The van der Waals surface area contributed by atoms with Crippen molar-refractivity contribution < 1.29 is 0 Å². The van der Waals surface area contributed by atoms with Crippen molar-refractivity contribution >= 4 is 0 Å². The van der Waals surface area contributed by atoms with Crippen molar-refractivity contribution in [1.29, 1.82) is 0 Å². The fourth-order valence-electron chi connectivity index (χ4n) is 2.45. The predicted molar refractivity (Wildman–Crippen MR) is 55.6 cm³/mol. The van der Waals surface area contributed by atoms with Gasteiger partial charge in [0, 0.05) is 6.54 Å². The average molecular weight is 182 g/mol. The minimum atomic E-state index is 0.817. The van der Waals surface area contributed by atoms with E-state index in [1.165, 1.54) is 51.7 Å². The normalized spacial score (nSPS) is 27.5. The zero-order valence-electron chi connectivity index (χ0n) is 8.54. The Kier molecular flexibility index (Phi) is 3.23. The Morgan fingerprint density at radius 1 is 1.00 bits per heavy atom. The topological polar surface area (TPSA) is 29.3 Å². The van der Waals surface area contributed by atoms with Gasteiger partial charge in [0.25, 0.3) is 0 Å². The molecule has 0 aromatic carbocycles. The van der Waals surface area contributed by atoms with Gasteiger partial charge in [-0.1, -0.05) is 6.42 Å². The second-order valence-corrected chi connectivity index (χ2v) is 4.78. The van der Waals surface area contributed by atoms with Crippen LogP contribution in [-0.2, 0) is 0 Å². The molecule has 0 aromatic rings. The van der Waals surface area contributed by atoms with Gasteiger partial charge in [-0.2, -0.15) is 0 Å². The number of hydrogen-bond donors (Lipinski definition) is 1. The molecule has 1 saturated heterocycles. The molecule has 2 N–H and O–H groups in total. The van der Waals surface area contributed by atoms with Crippen molar-refractivity contribution in [2.45, 2.75) is 32.1 Å². The van der Waals surface area contributed by atoms with Gasteiger partial charge in [-0.15, -0.1) is 0 Å². The number of hydrogen-bond acceptors (Lipinski definition) is 2. The van der Waals surface area contributed by atoms with Crippen LogP contribution in [0, 0.1) is 11.8 Å². The fourth-order valence-corrected chi connectivity index (χ4v) is 2.45. The van der Waals surface area contributed by atoms with Crippen LogP contribution in [-0.4, -0.2) is 31.1 Å². The zero-order valence-corrected chi connectivity index (χ0v) is 8.54. The molecular formula is C11H22N2. The van der Waals surface area contributed by atoms with Gasteiger partial charge in [0.2, 0.25) is 0 Å². The van der Waals surface area contributed by atoms with Crippen molar-refractivity contribution in [3.05, 3.63) is 0 Å². The van der Waals surface area contributed by atoms with Crippen LogP contribution in [0.4, 0.5) is 0 Å². The minimum Gasteiger partial charge on any atom is -0.330 e. The van der Waals surface area contributed by atoms with Gasteiger partial charge in [-0.05, 0) is 57.2 Å². The molecular weight excluding hydrogens is 160 g/mol. The minimum absolute atomic E-state index is 0.817. The maximum atomic E-state index is 5.67. The summed E-state index contributed by atoms with van der Waals surface area (Å²) in [6, 6.07) is 0. The molecule has 2 heteroatoms. The van der Waals surface area contributed by atoms with Crippen LogP contribution in [0.5, 0.6) is 0 Å². The molecule has 1 heterocycles. The summed E-state index contributed by atoms with van der Waals surface area (Å²) in [5, 5.41) is 0. The number of rotatable bonds is 3. The molecule has 0 aromatic heterocycles. The maximum Gasteiger partial charge on any atom is 0.000966 e. The fraction of sp³-hybridized carbons (Fsp3) is 1.00. The standard InChI is InChI=1S/C11H22N2/c12-8-10-4-6-13(7-5-10)9-11-2-1-3-11/h10-11H,1-9,12H2. The summed E-state index contributed by atoms with van der Waals surface area (Å²) in [4.78, 5) is 2.65. The van der Waals surface area contributed by atoms with Gasteiger partial charge in [0.1, 0.15) is 0 Å². The summed E-state index contributed by atoms with van der Waals surface area (Å²) >= 11 is 0. The Hall–Kier alpha value is -0.0800. The van der Waals surface area contributed by atoms with Crippen molar-refractivity contribution in [2.24, 2.45) is 17.6 Å². The lowest BCUT2D eigenvalue weighted by Gasteiger charge is -2.36. The molecule has 0 atom stereocenters. The first kappa shape index (κ1) is 9.47. The van der Waals surface area contributed by atoms with E-state index in [2.05, 4.69) is 4.90 Å². The third-order valence-electron chi connectivity index (χ3n) is 3.78. The van der Waals surface area contributed by atoms with E-state index in [1.54, 1.807) is 0 Å². The highest BCUT2D eigenvalue weighted by Gasteiger charge is 2.23. The van der Waals surface area contributed by atoms with E-state index in [0.717, 1.165) is 18.4 Å². The molecule has 2 rings (SSSR count). The molecule has 0 bridgehead atoms. The van der Waals surface area contributed by atoms with Crippen LogP contribution in [0.25, 0.3) is 0 Å². The molecule has 2 aliphatic rings. The van der Waals surface area contributed by atoms with E-state index < -0.39 is 0 Å². The first-order valence-electron chi connectivity index (χ1n) is 5.81. The smallest absolute Gasteiger partial charge is 0.000966 e. The lowest BCUT2D eigenvalue weighted by atomic mass is 9.84. The third kappa shape index (κ3) is 2.44. The predicted octanol–water partition coefficient (Wildman–Crippen LogP) is 1.46. The van der Waals surface area contributed by atoms with Crippen LogP contribution in [0.15, 0.2) is 0 Å². The molecule has 0 amide bonds. The van der Waals surface area contributed by atoms with E-state index in [1.807, 2.05) is 0 Å². The van der Waals surface area contributed by atoms with Gasteiger partial charge in [-0.3, -0.25) is 0 Å². The van der Waals surface area contributed by atoms with Crippen molar-refractivity contribution in [3.8, 4) is 0 Å². The first-order chi connectivity index (χ1) is 6.38. The van der Waals surface area contributed by atoms with E-state index in [4.69, 9.17) is 5.73 Å². The van der Waals surface area contributed by atoms with Crippen LogP contribution in [0.3, 0.4) is 0 Å².